The molecule has 2 atom stereocenters. The molecule has 0 saturated heterocycles. The maximum atomic E-state index is 12.4. The molecule has 0 aromatic heterocycles. The minimum atomic E-state index is -1.16. The number of ether oxygens (including phenoxy) is 5. The number of halogens is 1. The molecule has 0 spiro atoms. The normalized spacial score (nSPS) is 15.8. The third kappa shape index (κ3) is 7.24. The van der Waals surface area contributed by atoms with Crippen LogP contribution in [-0.4, -0.2) is 64.1 Å². The molecule has 13 heteroatoms. The van der Waals surface area contributed by atoms with E-state index in [1.807, 2.05) is 0 Å². The quantitative estimate of drug-likeness (QED) is 0.132. The Balaban J connectivity index is 1.70. The number of aliphatic hydroxyl groups excluding tert-OH is 1. The number of amides is 2. The van der Waals surface area contributed by atoms with E-state index in [1.165, 1.54) is 27.5 Å². The van der Waals surface area contributed by atoms with Crippen LogP contribution in [0.1, 0.15) is 31.0 Å². The summed E-state index contributed by atoms with van der Waals surface area (Å²) in [5, 5.41) is 20.0. The molecule has 0 fully saturated rings. The van der Waals surface area contributed by atoms with E-state index in [4.69, 9.17) is 35.3 Å². The van der Waals surface area contributed by atoms with Crippen LogP contribution in [-0.2, 0) is 9.53 Å². The summed E-state index contributed by atoms with van der Waals surface area (Å²) in [5.74, 6) is 0.978. The number of urea groups is 1. The standard InChI is InChI=1S/C26H31ClN4O8/c1-6-38-19-11-16(23-22(25(33)37-5)14(2)29-26(34)30-23)7-8-18(19)39-13-21(32)31-28-12-15-9-17(27)24(36-4)20(10-15)35-3/h7-12,21,23,31-32H,6,13H2,1-5H3,(H2,29,30,34)/b28-12-/t21-,23-/m1/s1. The monoisotopic (exact) mass is 562 g/mol. The minimum absolute atomic E-state index is 0.167. The third-order valence-corrected chi connectivity index (χ3v) is 5.85. The van der Waals surface area contributed by atoms with E-state index in [2.05, 4.69) is 21.2 Å². The van der Waals surface area contributed by atoms with Crippen LogP contribution in [0, 0.1) is 0 Å². The number of nitrogens with zero attached hydrogens (tertiary/aromatic N) is 1. The van der Waals surface area contributed by atoms with Crippen LogP contribution in [0.3, 0.4) is 0 Å². The largest absolute Gasteiger partial charge is 0.493 e. The maximum Gasteiger partial charge on any atom is 0.337 e. The first-order valence-electron chi connectivity index (χ1n) is 11.9. The van der Waals surface area contributed by atoms with Gasteiger partial charge in [0.15, 0.2) is 29.2 Å². The average molecular weight is 563 g/mol. The first kappa shape index (κ1) is 29.4. The van der Waals surface area contributed by atoms with Crippen molar-refractivity contribution in [3.05, 3.63) is 57.8 Å². The Morgan fingerprint density at radius 3 is 2.59 bits per heavy atom. The molecule has 2 aromatic carbocycles. The van der Waals surface area contributed by atoms with Gasteiger partial charge in [0.1, 0.15) is 6.61 Å². The summed E-state index contributed by atoms with van der Waals surface area (Å²) < 4.78 is 26.8. The van der Waals surface area contributed by atoms with Crippen LogP contribution in [0.25, 0.3) is 0 Å². The number of nitrogens with one attached hydrogen (secondary N) is 3. The summed E-state index contributed by atoms with van der Waals surface area (Å²) in [5.41, 5.74) is 4.42. The van der Waals surface area contributed by atoms with Crippen molar-refractivity contribution in [1.29, 1.82) is 0 Å². The number of rotatable bonds is 12. The van der Waals surface area contributed by atoms with Crippen LogP contribution >= 0.6 is 11.6 Å². The summed E-state index contributed by atoms with van der Waals surface area (Å²) in [6.45, 7) is 3.59. The highest BCUT2D eigenvalue weighted by Crippen LogP contribution is 2.36. The maximum absolute atomic E-state index is 12.4. The lowest BCUT2D eigenvalue weighted by Gasteiger charge is -2.28. The van der Waals surface area contributed by atoms with Gasteiger partial charge in [0, 0.05) is 5.70 Å². The lowest BCUT2D eigenvalue weighted by Crippen LogP contribution is -2.45. The highest BCUT2D eigenvalue weighted by Gasteiger charge is 2.32. The zero-order valence-electron chi connectivity index (χ0n) is 22.2. The summed E-state index contributed by atoms with van der Waals surface area (Å²) in [7, 11) is 4.25. The third-order valence-electron chi connectivity index (χ3n) is 5.57. The highest BCUT2D eigenvalue weighted by molar-refractivity contribution is 6.32. The molecular weight excluding hydrogens is 532 g/mol. The van der Waals surface area contributed by atoms with Crippen molar-refractivity contribution in [2.45, 2.75) is 26.1 Å². The Kier molecular flexibility index (Phi) is 10.2. The number of benzene rings is 2. The first-order chi connectivity index (χ1) is 18.7. The van der Waals surface area contributed by atoms with Crippen LogP contribution in [0.5, 0.6) is 23.0 Å². The fourth-order valence-corrected chi connectivity index (χ4v) is 4.13. The van der Waals surface area contributed by atoms with E-state index >= 15 is 0 Å². The Morgan fingerprint density at radius 2 is 1.92 bits per heavy atom. The van der Waals surface area contributed by atoms with Crippen molar-refractivity contribution in [3.8, 4) is 23.0 Å². The molecule has 2 amide bonds. The lowest BCUT2D eigenvalue weighted by atomic mass is 9.95. The first-order valence-corrected chi connectivity index (χ1v) is 12.2. The van der Waals surface area contributed by atoms with E-state index in [0.717, 1.165) is 0 Å². The van der Waals surface area contributed by atoms with Crippen molar-refractivity contribution in [2.75, 3.05) is 34.5 Å². The Bertz CT molecular complexity index is 1270. The van der Waals surface area contributed by atoms with E-state index in [0.29, 0.717) is 51.5 Å². The van der Waals surface area contributed by atoms with Crippen LogP contribution in [0.15, 0.2) is 46.7 Å². The zero-order chi connectivity index (χ0) is 28.5. The minimum Gasteiger partial charge on any atom is -0.493 e. The second-order valence-corrected chi connectivity index (χ2v) is 8.56. The molecule has 0 unspecified atom stereocenters. The van der Waals surface area contributed by atoms with Gasteiger partial charge in [-0.1, -0.05) is 17.7 Å². The van der Waals surface area contributed by atoms with Crippen molar-refractivity contribution in [2.24, 2.45) is 5.10 Å². The number of hydrazone groups is 1. The molecule has 0 bridgehead atoms. The molecule has 4 N–H and O–H groups in total. The summed E-state index contributed by atoms with van der Waals surface area (Å²) >= 11 is 6.20. The van der Waals surface area contributed by atoms with Gasteiger partial charge < -0.3 is 39.4 Å². The molecule has 39 heavy (non-hydrogen) atoms. The number of hydrogen-bond acceptors (Lipinski definition) is 10. The van der Waals surface area contributed by atoms with E-state index in [9.17, 15) is 14.7 Å². The number of carbonyl (C=O) groups excluding carboxylic acids is 2. The smallest absolute Gasteiger partial charge is 0.337 e. The topological polar surface area (TPSA) is 149 Å². The molecule has 12 nitrogen and oxygen atoms in total. The zero-order valence-corrected chi connectivity index (χ0v) is 22.9. The van der Waals surface area contributed by atoms with Crippen LogP contribution < -0.4 is 35.0 Å². The molecule has 1 aliphatic heterocycles. The van der Waals surface area contributed by atoms with Gasteiger partial charge in [-0.2, -0.15) is 5.10 Å². The van der Waals surface area contributed by atoms with Gasteiger partial charge in [0.05, 0.1) is 50.8 Å². The summed E-state index contributed by atoms with van der Waals surface area (Å²) in [4.78, 5) is 24.5. The molecule has 0 radical (unpaired) electrons. The van der Waals surface area contributed by atoms with Crippen molar-refractivity contribution < 1.29 is 38.4 Å². The second kappa shape index (κ2) is 13.6. The Hall–Kier alpha value is -4.16. The molecule has 3 rings (SSSR count). The second-order valence-electron chi connectivity index (χ2n) is 8.15. The summed E-state index contributed by atoms with van der Waals surface area (Å²) in [6.07, 6.45) is 0.297. The molecule has 210 valence electrons. The van der Waals surface area contributed by atoms with Crippen molar-refractivity contribution >= 4 is 29.8 Å². The van der Waals surface area contributed by atoms with Gasteiger partial charge in [-0.25, -0.2) is 9.59 Å². The predicted octanol–water partition coefficient (Wildman–Crippen LogP) is 2.88. The van der Waals surface area contributed by atoms with Crippen LogP contribution in [0.2, 0.25) is 5.02 Å². The van der Waals surface area contributed by atoms with E-state index in [-0.39, 0.29) is 12.2 Å². The predicted molar refractivity (Wildman–Crippen MR) is 144 cm³/mol. The molecule has 1 heterocycles. The van der Waals surface area contributed by atoms with Gasteiger partial charge in [-0.15, -0.1) is 0 Å². The van der Waals surface area contributed by atoms with Crippen LogP contribution in [0.4, 0.5) is 4.79 Å². The molecule has 0 saturated carbocycles. The number of esters is 1. The number of hydrogen-bond donors (Lipinski definition) is 4. The van der Waals surface area contributed by atoms with Gasteiger partial charge in [-0.3, -0.25) is 5.43 Å². The Labute approximate surface area is 230 Å². The van der Waals surface area contributed by atoms with Gasteiger partial charge in [0.2, 0.25) is 0 Å². The SMILES string of the molecule is CCOc1cc([C@H]2NC(=O)NC(C)=C2C(=O)OC)ccc1OC[C@@H](O)N/N=C\c1cc(Cl)c(OC)c(OC)c1. The number of methoxy groups -OCH3 is 3. The number of carbonyl (C=O) groups is 2. The Morgan fingerprint density at radius 1 is 1.15 bits per heavy atom. The molecular formula is C26H31ClN4O8. The fraction of sp³-hybridized carbons (Fsp3) is 0.346. The van der Waals surface area contributed by atoms with Crippen molar-refractivity contribution in [3.63, 3.8) is 0 Å². The molecule has 0 aliphatic carbocycles. The van der Waals surface area contributed by atoms with Gasteiger partial charge in [0.25, 0.3) is 0 Å². The number of aliphatic hydroxyl groups is 1. The van der Waals surface area contributed by atoms with Crippen molar-refractivity contribution in [1.82, 2.24) is 16.1 Å². The molecule has 1 aliphatic rings. The highest BCUT2D eigenvalue weighted by atomic mass is 35.5. The summed E-state index contributed by atoms with van der Waals surface area (Å²) in [6, 6.07) is 7.08. The number of allylic oxidation sites excluding steroid dienone is 1. The van der Waals surface area contributed by atoms with Gasteiger partial charge >= 0.3 is 12.0 Å². The van der Waals surface area contributed by atoms with E-state index < -0.39 is 24.3 Å². The average Bonchev–Trinajstić information content (AvgIpc) is 2.91. The molecule has 2 aromatic rings. The fourth-order valence-electron chi connectivity index (χ4n) is 3.83. The lowest BCUT2D eigenvalue weighted by molar-refractivity contribution is -0.136. The van der Waals surface area contributed by atoms with E-state index in [1.54, 1.807) is 44.2 Å². The van der Waals surface area contributed by atoms with Gasteiger partial charge in [-0.05, 0) is 49.2 Å².